The maximum absolute atomic E-state index is 6.32. The number of ether oxygens (including phenoxy) is 1. The lowest BCUT2D eigenvalue weighted by Gasteiger charge is -2.17. The number of hydrogen-bond acceptors (Lipinski definition) is 3. The van der Waals surface area contributed by atoms with Crippen LogP contribution in [0.1, 0.15) is 17.2 Å². The predicted octanol–water partition coefficient (Wildman–Crippen LogP) is 2.81. The fraction of sp³-hybridized carbons (Fsp3) is 0.250. The molecule has 2 aromatic carbocycles. The lowest BCUT2D eigenvalue weighted by molar-refractivity contribution is 0.414. The second kappa shape index (κ2) is 5.76. The minimum absolute atomic E-state index is 0.120. The summed E-state index contributed by atoms with van der Waals surface area (Å²) in [5.74, 6) is 0.845. The van der Waals surface area contributed by atoms with Gasteiger partial charge in [0.05, 0.1) is 13.2 Å². The number of nitrogens with zero attached hydrogens (tertiary/aromatic N) is 1. The van der Waals surface area contributed by atoms with E-state index in [1.165, 1.54) is 0 Å². The molecule has 0 spiro atoms. The highest BCUT2D eigenvalue weighted by molar-refractivity contribution is 5.49. The molecule has 0 radical (unpaired) electrons. The highest BCUT2D eigenvalue weighted by Gasteiger charge is 2.10. The zero-order chi connectivity index (χ0) is 13.8. The van der Waals surface area contributed by atoms with Gasteiger partial charge in [-0.25, -0.2) is 0 Å². The van der Waals surface area contributed by atoms with Crippen molar-refractivity contribution in [3.63, 3.8) is 0 Å². The van der Waals surface area contributed by atoms with Gasteiger partial charge in [0.15, 0.2) is 0 Å². The van der Waals surface area contributed by atoms with E-state index >= 15 is 0 Å². The molecule has 0 aliphatic heterocycles. The van der Waals surface area contributed by atoms with Gasteiger partial charge in [0, 0.05) is 19.8 Å². The topological polar surface area (TPSA) is 38.5 Å². The van der Waals surface area contributed by atoms with Crippen LogP contribution in [0.4, 0.5) is 5.69 Å². The highest BCUT2D eigenvalue weighted by atomic mass is 16.5. The molecule has 0 heterocycles. The molecule has 0 aliphatic rings. The highest BCUT2D eigenvalue weighted by Crippen LogP contribution is 2.24. The van der Waals surface area contributed by atoms with Crippen molar-refractivity contribution in [1.29, 1.82) is 0 Å². The van der Waals surface area contributed by atoms with Gasteiger partial charge in [-0.15, -0.1) is 0 Å². The Morgan fingerprint density at radius 2 is 1.68 bits per heavy atom. The molecule has 0 saturated carbocycles. The first-order valence-electron chi connectivity index (χ1n) is 6.28. The van der Waals surface area contributed by atoms with E-state index in [1.807, 2.05) is 44.4 Å². The number of hydrogen-bond donors (Lipinski definition) is 1. The molecule has 0 unspecified atom stereocenters. The Kier molecular flexibility index (Phi) is 4.07. The third kappa shape index (κ3) is 3.06. The van der Waals surface area contributed by atoms with E-state index in [2.05, 4.69) is 23.1 Å². The summed E-state index contributed by atoms with van der Waals surface area (Å²) in [5, 5.41) is 0. The summed E-state index contributed by atoms with van der Waals surface area (Å²) in [4.78, 5) is 2.07. The summed E-state index contributed by atoms with van der Waals surface area (Å²) in [6, 6.07) is 16.0. The van der Waals surface area contributed by atoms with Crippen molar-refractivity contribution < 1.29 is 4.74 Å². The van der Waals surface area contributed by atoms with Crippen LogP contribution < -0.4 is 15.4 Å². The van der Waals surface area contributed by atoms with Gasteiger partial charge < -0.3 is 15.4 Å². The van der Waals surface area contributed by atoms with Crippen LogP contribution in [-0.2, 0) is 0 Å². The third-order valence-corrected chi connectivity index (χ3v) is 3.22. The molecule has 3 heteroatoms. The van der Waals surface area contributed by atoms with Crippen molar-refractivity contribution in [2.24, 2.45) is 5.73 Å². The number of methoxy groups -OCH3 is 1. The van der Waals surface area contributed by atoms with Crippen LogP contribution in [-0.4, -0.2) is 21.2 Å². The van der Waals surface area contributed by atoms with Crippen molar-refractivity contribution >= 4 is 5.69 Å². The van der Waals surface area contributed by atoms with E-state index < -0.39 is 0 Å². The molecule has 0 amide bonds. The maximum atomic E-state index is 6.32. The van der Waals surface area contributed by atoms with Gasteiger partial charge >= 0.3 is 0 Å². The third-order valence-electron chi connectivity index (χ3n) is 3.22. The largest absolute Gasteiger partial charge is 0.497 e. The van der Waals surface area contributed by atoms with Crippen LogP contribution in [0.3, 0.4) is 0 Å². The fourth-order valence-corrected chi connectivity index (χ4v) is 2.00. The van der Waals surface area contributed by atoms with Crippen LogP contribution in [0.15, 0.2) is 48.5 Å². The molecule has 0 aliphatic carbocycles. The molecule has 3 nitrogen and oxygen atoms in total. The molecule has 2 N–H and O–H groups in total. The van der Waals surface area contributed by atoms with Crippen molar-refractivity contribution in [2.75, 3.05) is 26.1 Å². The SMILES string of the molecule is COc1ccc([C@@H](N)c2cccc(N(C)C)c2)cc1. The molecule has 2 aromatic rings. The standard InChI is InChI=1S/C16H20N2O/c1-18(2)14-6-4-5-13(11-14)16(17)12-7-9-15(19-3)10-8-12/h4-11,16H,17H2,1-3H3/t16-/m1/s1. The van der Waals surface area contributed by atoms with E-state index in [1.54, 1.807) is 7.11 Å². The van der Waals surface area contributed by atoms with Crippen molar-refractivity contribution in [1.82, 2.24) is 0 Å². The Morgan fingerprint density at radius 1 is 1.00 bits per heavy atom. The Hall–Kier alpha value is -2.00. The van der Waals surface area contributed by atoms with Crippen LogP contribution >= 0.6 is 0 Å². The minimum Gasteiger partial charge on any atom is -0.497 e. The molecule has 0 saturated heterocycles. The minimum atomic E-state index is -0.120. The van der Waals surface area contributed by atoms with Gasteiger partial charge in [-0.1, -0.05) is 24.3 Å². The van der Waals surface area contributed by atoms with E-state index in [-0.39, 0.29) is 6.04 Å². The van der Waals surface area contributed by atoms with Gasteiger partial charge in [-0.3, -0.25) is 0 Å². The normalized spacial score (nSPS) is 12.0. The van der Waals surface area contributed by atoms with E-state index in [0.717, 1.165) is 22.6 Å². The Morgan fingerprint density at radius 3 is 2.26 bits per heavy atom. The summed E-state index contributed by atoms with van der Waals surface area (Å²) < 4.78 is 5.16. The molecular formula is C16H20N2O. The first-order chi connectivity index (χ1) is 9.11. The second-order valence-corrected chi connectivity index (χ2v) is 4.74. The van der Waals surface area contributed by atoms with E-state index in [9.17, 15) is 0 Å². The van der Waals surface area contributed by atoms with E-state index in [0.29, 0.717) is 0 Å². The van der Waals surface area contributed by atoms with Crippen LogP contribution in [0.5, 0.6) is 5.75 Å². The summed E-state index contributed by atoms with van der Waals surface area (Å²) >= 11 is 0. The average molecular weight is 256 g/mol. The van der Waals surface area contributed by atoms with E-state index in [4.69, 9.17) is 10.5 Å². The first-order valence-corrected chi connectivity index (χ1v) is 6.28. The second-order valence-electron chi connectivity index (χ2n) is 4.74. The summed E-state index contributed by atoms with van der Waals surface area (Å²) in [7, 11) is 5.71. The zero-order valence-corrected chi connectivity index (χ0v) is 11.6. The van der Waals surface area contributed by atoms with Crippen molar-refractivity contribution in [3.05, 3.63) is 59.7 Å². The lowest BCUT2D eigenvalue weighted by atomic mass is 9.99. The van der Waals surface area contributed by atoms with Gasteiger partial charge in [-0.05, 0) is 35.4 Å². The zero-order valence-electron chi connectivity index (χ0n) is 11.6. The molecule has 1 atom stereocenters. The molecule has 19 heavy (non-hydrogen) atoms. The van der Waals surface area contributed by atoms with Crippen LogP contribution in [0.25, 0.3) is 0 Å². The summed E-state index contributed by atoms with van der Waals surface area (Å²) in [6.45, 7) is 0. The number of benzene rings is 2. The molecule has 0 aromatic heterocycles. The summed E-state index contributed by atoms with van der Waals surface area (Å²) in [5.41, 5.74) is 9.66. The smallest absolute Gasteiger partial charge is 0.118 e. The number of nitrogens with two attached hydrogens (primary N) is 1. The first kappa shape index (κ1) is 13.4. The quantitative estimate of drug-likeness (QED) is 0.914. The van der Waals surface area contributed by atoms with Gasteiger partial charge in [0.2, 0.25) is 0 Å². The molecular weight excluding hydrogens is 236 g/mol. The van der Waals surface area contributed by atoms with Gasteiger partial charge in [0.1, 0.15) is 5.75 Å². The Balaban J connectivity index is 2.27. The van der Waals surface area contributed by atoms with Crippen molar-refractivity contribution in [3.8, 4) is 5.75 Å². The number of rotatable bonds is 4. The Labute approximate surface area is 114 Å². The number of anilines is 1. The Bertz CT molecular complexity index is 535. The molecule has 100 valence electrons. The average Bonchev–Trinajstić information content (AvgIpc) is 2.46. The monoisotopic (exact) mass is 256 g/mol. The predicted molar refractivity (Wildman–Crippen MR) is 79.8 cm³/mol. The lowest BCUT2D eigenvalue weighted by Crippen LogP contribution is -2.14. The maximum Gasteiger partial charge on any atom is 0.118 e. The molecule has 0 fully saturated rings. The van der Waals surface area contributed by atoms with Gasteiger partial charge in [-0.2, -0.15) is 0 Å². The van der Waals surface area contributed by atoms with Crippen molar-refractivity contribution in [2.45, 2.75) is 6.04 Å². The molecule has 0 bridgehead atoms. The van der Waals surface area contributed by atoms with Gasteiger partial charge in [0.25, 0.3) is 0 Å². The summed E-state index contributed by atoms with van der Waals surface area (Å²) in [6.07, 6.45) is 0. The molecule has 2 rings (SSSR count). The van der Waals surface area contributed by atoms with Crippen LogP contribution in [0.2, 0.25) is 0 Å². The fourth-order valence-electron chi connectivity index (χ4n) is 2.00. The van der Waals surface area contributed by atoms with Crippen LogP contribution in [0, 0.1) is 0 Å².